The lowest BCUT2D eigenvalue weighted by Gasteiger charge is -1.95. The van der Waals surface area contributed by atoms with E-state index in [1.54, 1.807) is 6.92 Å². The summed E-state index contributed by atoms with van der Waals surface area (Å²) in [5, 5.41) is 0. The third kappa shape index (κ3) is 5.14. The monoisotopic (exact) mass is 129 g/mol. The molecular formula is C4H7NO2Si. The average Bonchev–Trinajstić information content (AvgIpc) is 1.66. The fourth-order valence-electron chi connectivity index (χ4n) is 0.169. The highest BCUT2D eigenvalue weighted by Crippen LogP contribution is 1.85. The van der Waals surface area contributed by atoms with Crippen LogP contribution < -0.4 is 0 Å². The highest BCUT2D eigenvalue weighted by molar-refractivity contribution is 6.26. The molecule has 0 N–H and O–H groups in total. The molecule has 0 aromatic carbocycles. The first-order chi connectivity index (χ1) is 3.77. The quantitative estimate of drug-likeness (QED) is 0.230. The Morgan fingerprint density at radius 2 is 2.62 bits per heavy atom. The second-order valence-corrected chi connectivity index (χ2v) is 2.09. The Labute approximate surface area is 50.1 Å². The molecule has 8 heavy (non-hydrogen) atoms. The fraction of sp³-hybridized carbons (Fsp3) is 0.250. The topological polar surface area (TPSA) is 38.7 Å². The zero-order valence-electron chi connectivity index (χ0n) is 4.68. The van der Waals surface area contributed by atoms with Gasteiger partial charge in [0.2, 0.25) is 6.08 Å². The number of allylic oxidation sites excluding steroid dienone is 1. The van der Waals surface area contributed by atoms with Gasteiger partial charge in [0.15, 0.2) is 0 Å². The molecule has 0 rings (SSSR count). The molecule has 0 aliphatic rings. The Kier molecular flexibility index (Phi) is 3.84. The molecule has 3 nitrogen and oxygen atoms in total. The lowest BCUT2D eigenvalue weighted by Crippen LogP contribution is -1.90. The molecule has 0 bridgehead atoms. The summed E-state index contributed by atoms with van der Waals surface area (Å²) in [6.45, 7) is 5.17. The molecule has 0 spiro atoms. The van der Waals surface area contributed by atoms with Gasteiger partial charge in [0.1, 0.15) is 0 Å². The van der Waals surface area contributed by atoms with Gasteiger partial charge in [0, 0.05) is 0 Å². The predicted octanol–water partition coefficient (Wildman–Crippen LogP) is -0.129. The molecule has 0 fully saturated rings. The van der Waals surface area contributed by atoms with Gasteiger partial charge in [-0.3, -0.25) is 0 Å². The van der Waals surface area contributed by atoms with Gasteiger partial charge < -0.3 is 4.43 Å². The average molecular weight is 129 g/mol. The molecule has 0 heterocycles. The van der Waals surface area contributed by atoms with Crippen LogP contribution in [-0.4, -0.2) is 16.0 Å². The van der Waals surface area contributed by atoms with Crippen molar-refractivity contribution in [2.24, 2.45) is 4.66 Å². The van der Waals surface area contributed by atoms with Crippen molar-refractivity contribution in [1.82, 2.24) is 0 Å². The van der Waals surface area contributed by atoms with Crippen LogP contribution in [0.5, 0.6) is 0 Å². The molecule has 0 aromatic rings. The lowest BCUT2D eigenvalue weighted by molar-refractivity contribution is 0.458. The number of rotatable bonds is 3. The Morgan fingerprint density at radius 1 is 2.00 bits per heavy atom. The van der Waals surface area contributed by atoms with Gasteiger partial charge in [-0.1, -0.05) is 6.58 Å². The van der Waals surface area contributed by atoms with E-state index in [1.165, 1.54) is 6.08 Å². The van der Waals surface area contributed by atoms with E-state index < -0.39 is 9.92 Å². The van der Waals surface area contributed by atoms with E-state index in [9.17, 15) is 4.79 Å². The van der Waals surface area contributed by atoms with E-state index in [0.717, 1.165) is 0 Å². The lowest BCUT2D eigenvalue weighted by atomic mass is 10.7. The first-order valence-electron chi connectivity index (χ1n) is 2.09. The zero-order valence-corrected chi connectivity index (χ0v) is 6.09. The van der Waals surface area contributed by atoms with Crippen LogP contribution in [0.1, 0.15) is 6.92 Å². The highest BCUT2D eigenvalue weighted by Gasteiger charge is 1.80. The third-order valence-electron chi connectivity index (χ3n) is 0.440. The molecular weight excluding hydrogens is 122 g/mol. The van der Waals surface area contributed by atoms with E-state index in [2.05, 4.69) is 11.2 Å². The zero-order chi connectivity index (χ0) is 6.41. The van der Waals surface area contributed by atoms with Crippen molar-refractivity contribution in [1.29, 1.82) is 0 Å². The van der Waals surface area contributed by atoms with Gasteiger partial charge in [-0.05, 0) is 6.92 Å². The third-order valence-corrected chi connectivity index (χ3v) is 1.32. The van der Waals surface area contributed by atoms with E-state index in [0.29, 0.717) is 5.76 Å². The van der Waals surface area contributed by atoms with Crippen LogP contribution in [0.2, 0.25) is 0 Å². The molecule has 0 unspecified atom stereocenters. The van der Waals surface area contributed by atoms with Crippen molar-refractivity contribution in [2.45, 2.75) is 6.92 Å². The molecule has 0 amide bonds. The summed E-state index contributed by atoms with van der Waals surface area (Å²) in [5.74, 6) is 0.607. The standard InChI is InChI=1S/C4H7NO2Si/c1-4(2)7-8-5-3-6/h1,8H2,2H3. The minimum absolute atomic E-state index is 0.607. The van der Waals surface area contributed by atoms with E-state index in [1.807, 2.05) is 0 Å². The van der Waals surface area contributed by atoms with Gasteiger partial charge in [0.05, 0.1) is 5.76 Å². The largest absolute Gasteiger partial charge is 0.532 e. The predicted molar refractivity (Wildman–Crippen MR) is 32.6 cm³/mol. The van der Waals surface area contributed by atoms with Crippen molar-refractivity contribution in [2.75, 3.05) is 0 Å². The van der Waals surface area contributed by atoms with E-state index >= 15 is 0 Å². The summed E-state index contributed by atoms with van der Waals surface area (Å²) in [4.78, 5) is 9.42. The summed E-state index contributed by atoms with van der Waals surface area (Å²) >= 11 is 0. The van der Waals surface area contributed by atoms with Gasteiger partial charge in [-0.25, -0.2) is 9.45 Å². The van der Waals surface area contributed by atoms with E-state index in [4.69, 9.17) is 4.43 Å². The first kappa shape index (κ1) is 7.14. The Balaban J connectivity index is 3.18. The number of hydrogen-bond donors (Lipinski definition) is 0. The first-order valence-corrected chi connectivity index (χ1v) is 3.30. The highest BCUT2D eigenvalue weighted by atomic mass is 28.2. The van der Waals surface area contributed by atoms with Crippen molar-refractivity contribution in [3.63, 3.8) is 0 Å². The minimum Gasteiger partial charge on any atom is -0.532 e. The van der Waals surface area contributed by atoms with E-state index in [-0.39, 0.29) is 0 Å². The fourth-order valence-corrected chi connectivity index (χ4v) is 0.506. The number of isocyanates is 1. The van der Waals surface area contributed by atoms with Crippen LogP contribution in [-0.2, 0) is 9.22 Å². The summed E-state index contributed by atoms with van der Waals surface area (Å²) in [5.41, 5.74) is 0. The van der Waals surface area contributed by atoms with Gasteiger partial charge in [-0.15, -0.1) is 0 Å². The number of nitrogens with zero attached hydrogens (tertiary/aromatic N) is 1. The van der Waals surface area contributed by atoms with Crippen LogP contribution in [0.3, 0.4) is 0 Å². The summed E-state index contributed by atoms with van der Waals surface area (Å²) in [7, 11) is -1.03. The van der Waals surface area contributed by atoms with Gasteiger partial charge in [-0.2, -0.15) is 0 Å². The Bertz CT molecular complexity index is 126. The molecule has 0 radical (unpaired) electrons. The molecule has 0 saturated carbocycles. The Hall–Kier alpha value is -0.863. The molecule has 0 atom stereocenters. The maximum absolute atomic E-state index is 9.42. The van der Waals surface area contributed by atoms with Gasteiger partial charge in [0.25, 0.3) is 0 Å². The second kappa shape index (κ2) is 4.30. The van der Waals surface area contributed by atoms with Crippen molar-refractivity contribution < 1.29 is 9.22 Å². The van der Waals surface area contributed by atoms with Crippen LogP contribution >= 0.6 is 0 Å². The number of hydrogen-bond acceptors (Lipinski definition) is 3. The van der Waals surface area contributed by atoms with Crippen molar-refractivity contribution >= 4 is 16.0 Å². The van der Waals surface area contributed by atoms with Crippen LogP contribution in [0.15, 0.2) is 17.0 Å². The molecule has 0 aliphatic carbocycles. The van der Waals surface area contributed by atoms with Crippen molar-refractivity contribution in [3.8, 4) is 0 Å². The molecule has 0 saturated heterocycles. The minimum atomic E-state index is -1.03. The SMILES string of the molecule is C=C(C)O[SiH2]N=C=O. The maximum atomic E-state index is 9.42. The van der Waals surface area contributed by atoms with Crippen LogP contribution in [0.25, 0.3) is 0 Å². The summed E-state index contributed by atoms with van der Waals surface area (Å²) in [6, 6.07) is 0. The van der Waals surface area contributed by atoms with Crippen LogP contribution in [0, 0.1) is 0 Å². The van der Waals surface area contributed by atoms with Crippen LogP contribution in [0.4, 0.5) is 0 Å². The summed E-state index contributed by atoms with van der Waals surface area (Å²) < 4.78 is 8.06. The second-order valence-electron chi connectivity index (χ2n) is 1.22. The number of carbonyl (C=O) groups excluding carboxylic acids is 1. The molecule has 0 aromatic heterocycles. The Morgan fingerprint density at radius 3 is 3.00 bits per heavy atom. The molecule has 4 heteroatoms. The normalized spacial score (nSPS) is 8.62. The maximum Gasteiger partial charge on any atom is 0.359 e. The molecule has 44 valence electrons. The van der Waals surface area contributed by atoms with Crippen molar-refractivity contribution in [3.05, 3.63) is 12.3 Å². The smallest absolute Gasteiger partial charge is 0.359 e. The van der Waals surface area contributed by atoms with Gasteiger partial charge >= 0.3 is 9.92 Å². The molecule has 0 aliphatic heterocycles. The summed E-state index contributed by atoms with van der Waals surface area (Å²) in [6.07, 6.45) is 1.39.